The van der Waals surface area contributed by atoms with Gasteiger partial charge in [0.25, 0.3) is 5.56 Å². The number of nitrogens with one attached hydrogen (secondary N) is 2. The van der Waals surface area contributed by atoms with Crippen LogP contribution in [0.4, 0.5) is 0 Å². The van der Waals surface area contributed by atoms with Crippen LogP contribution in [0, 0.1) is 5.92 Å². The van der Waals surface area contributed by atoms with Crippen molar-refractivity contribution in [3.05, 3.63) is 27.2 Å². The Bertz CT molecular complexity index is 632. The molecule has 1 saturated carbocycles. The third kappa shape index (κ3) is 1.30. The number of fused-ring (bicyclic) bond motifs is 1. The van der Waals surface area contributed by atoms with Gasteiger partial charge in [-0.2, -0.15) is 0 Å². The van der Waals surface area contributed by atoms with Gasteiger partial charge in [-0.25, -0.2) is 9.78 Å². The highest BCUT2D eigenvalue weighted by Crippen LogP contribution is 2.26. The molecule has 16 heavy (non-hydrogen) atoms. The Labute approximate surface area is 90.3 Å². The van der Waals surface area contributed by atoms with Crippen molar-refractivity contribution >= 4 is 11.2 Å². The summed E-state index contributed by atoms with van der Waals surface area (Å²) < 4.78 is 1.27. The Kier molecular flexibility index (Phi) is 1.95. The standard InChI is InChI=1S/C10H12N4O2/c15-9-7-8(12-5-11-7)13-10(16)14(9)4-6-2-1-3-6/h5-6H,1-4H2,(H,11,12)(H,13,16). The van der Waals surface area contributed by atoms with Crippen LogP contribution in [-0.2, 0) is 6.54 Å². The molecule has 0 saturated heterocycles. The van der Waals surface area contributed by atoms with Gasteiger partial charge in [0.15, 0.2) is 5.65 Å². The average molecular weight is 220 g/mol. The highest BCUT2D eigenvalue weighted by atomic mass is 16.2. The topological polar surface area (TPSA) is 83.5 Å². The maximum atomic E-state index is 12.0. The van der Waals surface area contributed by atoms with Crippen LogP contribution in [0.2, 0.25) is 0 Å². The summed E-state index contributed by atoms with van der Waals surface area (Å²) in [6.45, 7) is 0.517. The van der Waals surface area contributed by atoms with Gasteiger partial charge in [-0.1, -0.05) is 6.42 Å². The smallest absolute Gasteiger partial charge is 0.330 e. The maximum absolute atomic E-state index is 12.0. The van der Waals surface area contributed by atoms with Crippen LogP contribution in [0.3, 0.4) is 0 Å². The summed E-state index contributed by atoms with van der Waals surface area (Å²) in [4.78, 5) is 32.9. The van der Waals surface area contributed by atoms with Crippen LogP contribution in [0.15, 0.2) is 15.9 Å². The van der Waals surface area contributed by atoms with Gasteiger partial charge in [0.1, 0.15) is 5.52 Å². The quantitative estimate of drug-likeness (QED) is 0.759. The molecule has 1 fully saturated rings. The normalized spacial score (nSPS) is 16.5. The molecule has 0 amide bonds. The molecule has 0 radical (unpaired) electrons. The zero-order chi connectivity index (χ0) is 11.1. The van der Waals surface area contributed by atoms with Crippen molar-refractivity contribution < 1.29 is 0 Å². The minimum atomic E-state index is -0.364. The van der Waals surface area contributed by atoms with Gasteiger partial charge < -0.3 is 4.98 Å². The minimum absolute atomic E-state index is 0.275. The van der Waals surface area contributed by atoms with Gasteiger partial charge in [0.2, 0.25) is 0 Å². The van der Waals surface area contributed by atoms with E-state index >= 15 is 0 Å². The Morgan fingerprint density at radius 3 is 2.94 bits per heavy atom. The Balaban J connectivity index is 2.14. The predicted octanol–water partition coefficient (Wildman–Crippen LogP) is 0.213. The summed E-state index contributed by atoms with van der Waals surface area (Å²) in [6.07, 6.45) is 4.82. The first kappa shape index (κ1) is 9.38. The summed E-state index contributed by atoms with van der Waals surface area (Å²) >= 11 is 0. The highest BCUT2D eigenvalue weighted by Gasteiger charge is 2.20. The Morgan fingerprint density at radius 2 is 2.25 bits per heavy atom. The van der Waals surface area contributed by atoms with Gasteiger partial charge in [0.05, 0.1) is 6.33 Å². The molecule has 3 rings (SSSR count). The molecule has 6 nitrogen and oxygen atoms in total. The number of aromatic amines is 2. The van der Waals surface area contributed by atoms with Gasteiger partial charge in [-0.15, -0.1) is 0 Å². The summed E-state index contributed by atoms with van der Waals surface area (Å²) in [6, 6.07) is 0. The number of imidazole rings is 1. The monoisotopic (exact) mass is 220 g/mol. The molecule has 0 aromatic carbocycles. The van der Waals surface area contributed by atoms with Crippen molar-refractivity contribution in [2.45, 2.75) is 25.8 Å². The fraction of sp³-hybridized carbons (Fsp3) is 0.500. The largest absolute Gasteiger partial charge is 0.339 e. The first-order chi connectivity index (χ1) is 7.75. The zero-order valence-corrected chi connectivity index (χ0v) is 8.69. The number of aromatic nitrogens is 4. The second-order valence-corrected chi connectivity index (χ2v) is 4.27. The lowest BCUT2D eigenvalue weighted by Gasteiger charge is -2.25. The van der Waals surface area contributed by atoms with Gasteiger partial charge in [-0.05, 0) is 18.8 Å². The van der Waals surface area contributed by atoms with Crippen molar-refractivity contribution in [3.63, 3.8) is 0 Å². The van der Waals surface area contributed by atoms with E-state index in [9.17, 15) is 9.59 Å². The summed E-state index contributed by atoms with van der Waals surface area (Å²) in [5.74, 6) is 0.471. The lowest BCUT2D eigenvalue weighted by atomic mass is 9.85. The van der Waals surface area contributed by atoms with E-state index in [0.29, 0.717) is 23.6 Å². The molecule has 0 bridgehead atoms. The van der Waals surface area contributed by atoms with E-state index in [1.54, 1.807) is 0 Å². The number of hydrogen-bond donors (Lipinski definition) is 2. The molecular weight excluding hydrogens is 208 g/mol. The number of nitrogens with zero attached hydrogens (tertiary/aromatic N) is 2. The lowest BCUT2D eigenvalue weighted by Crippen LogP contribution is -2.38. The molecule has 0 atom stereocenters. The first-order valence-electron chi connectivity index (χ1n) is 5.42. The van der Waals surface area contributed by atoms with Crippen molar-refractivity contribution in [1.29, 1.82) is 0 Å². The molecule has 1 aliphatic carbocycles. The Hall–Kier alpha value is -1.85. The number of H-pyrrole nitrogens is 2. The fourth-order valence-electron chi connectivity index (χ4n) is 2.05. The lowest BCUT2D eigenvalue weighted by molar-refractivity contribution is 0.270. The SMILES string of the molecule is O=c1[nH]c2nc[nH]c2c(=O)n1CC1CCC1. The highest BCUT2D eigenvalue weighted by molar-refractivity contribution is 5.67. The minimum Gasteiger partial charge on any atom is -0.339 e. The molecule has 1 aliphatic rings. The van der Waals surface area contributed by atoms with Crippen LogP contribution in [0.5, 0.6) is 0 Å². The molecule has 2 aromatic rings. The number of hydrogen-bond acceptors (Lipinski definition) is 3. The third-order valence-corrected chi connectivity index (χ3v) is 3.23. The summed E-state index contributed by atoms with van der Waals surface area (Å²) in [5, 5.41) is 0. The molecule has 2 aromatic heterocycles. The molecule has 0 aliphatic heterocycles. The third-order valence-electron chi connectivity index (χ3n) is 3.23. The van der Waals surface area contributed by atoms with Gasteiger partial charge in [-0.3, -0.25) is 14.3 Å². The molecule has 0 spiro atoms. The molecular formula is C10H12N4O2. The van der Waals surface area contributed by atoms with Crippen LogP contribution in [-0.4, -0.2) is 19.5 Å². The van der Waals surface area contributed by atoms with Crippen LogP contribution >= 0.6 is 0 Å². The van der Waals surface area contributed by atoms with E-state index in [1.165, 1.54) is 17.3 Å². The number of rotatable bonds is 2. The van der Waals surface area contributed by atoms with Crippen molar-refractivity contribution in [1.82, 2.24) is 19.5 Å². The van der Waals surface area contributed by atoms with Gasteiger partial charge >= 0.3 is 5.69 Å². The van der Waals surface area contributed by atoms with Crippen molar-refractivity contribution in [2.24, 2.45) is 5.92 Å². The zero-order valence-electron chi connectivity index (χ0n) is 8.69. The molecule has 2 heterocycles. The molecule has 84 valence electrons. The molecule has 0 unspecified atom stereocenters. The van der Waals surface area contributed by atoms with E-state index < -0.39 is 0 Å². The fourth-order valence-corrected chi connectivity index (χ4v) is 2.05. The molecule has 2 N–H and O–H groups in total. The second kappa shape index (κ2) is 3.33. The maximum Gasteiger partial charge on any atom is 0.330 e. The van der Waals surface area contributed by atoms with E-state index in [4.69, 9.17) is 0 Å². The summed E-state index contributed by atoms with van der Waals surface area (Å²) in [5.41, 5.74) is 0.0680. The summed E-state index contributed by atoms with van der Waals surface area (Å²) in [7, 11) is 0. The van der Waals surface area contributed by atoms with Crippen LogP contribution < -0.4 is 11.2 Å². The Morgan fingerprint density at radius 1 is 1.44 bits per heavy atom. The van der Waals surface area contributed by atoms with Gasteiger partial charge in [0, 0.05) is 6.54 Å². The predicted molar refractivity (Wildman–Crippen MR) is 58.3 cm³/mol. The first-order valence-corrected chi connectivity index (χ1v) is 5.42. The van der Waals surface area contributed by atoms with E-state index in [2.05, 4.69) is 15.0 Å². The van der Waals surface area contributed by atoms with E-state index in [-0.39, 0.29) is 11.2 Å². The van der Waals surface area contributed by atoms with E-state index in [1.807, 2.05) is 0 Å². The molecule has 6 heteroatoms. The average Bonchev–Trinajstić information content (AvgIpc) is 2.62. The van der Waals surface area contributed by atoms with E-state index in [0.717, 1.165) is 12.8 Å². The van der Waals surface area contributed by atoms with Crippen molar-refractivity contribution in [2.75, 3.05) is 0 Å². The van der Waals surface area contributed by atoms with Crippen LogP contribution in [0.25, 0.3) is 11.2 Å². The van der Waals surface area contributed by atoms with Crippen molar-refractivity contribution in [3.8, 4) is 0 Å². The van der Waals surface area contributed by atoms with Crippen LogP contribution in [0.1, 0.15) is 19.3 Å². The second-order valence-electron chi connectivity index (χ2n) is 4.27.